The topological polar surface area (TPSA) is 87.1 Å². The summed E-state index contributed by atoms with van der Waals surface area (Å²) in [6.45, 7) is 0.989. The third kappa shape index (κ3) is 3.96. The molecular formula is C14H19N3O3S. The van der Waals surface area contributed by atoms with Crippen molar-refractivity contribution >= 4 is 10.0 Å². The summed E-state index contributed by atoms with van der Waals surface area (Å²) in [6.07, 6.45) is 6.06. The summed E-state index contributed by atoms with van der Waals surface area (Å²) in [5.74, 6) is 0.765. The van der Waals surface area contributed by atoms with Crippen LogP contribution in [0.4, 0.5) is 0 Å². The van der Waals surface area contributed by atoms with Crippen molar-refractivity contribution in [1.82, 2.24) is 15.0 Å². The third-order valence-electron chi connectivity index (χ3n) is 3.43. The van der Waals surface area contributed by atoms with E-state index in [0.29, 0.717) is 25.6 Å². The third-order valence-corrected chi connectivity index (χ3v) is 4.87. The largest absolute Gasteiger partial charge is 0.469 e. The summed E-state index contributed by atoms with van der Waals surface area (Å²) < 4.78 is 32.0. The first-order chi connectivity index (χ1) is 10.1. The van der Waals surface area contributed by atoms with Crippen LogP contribution in [0.15, 0.2) is 40.0 Å². The number of hydrogen-bond donors (Lipinski definition) is 3. The van der Waals surface area contributed by atoms with Crippen LogP contribution in [-0.2, 0) is 23.0 Å². The maximum Gasteiger partial charge on any atom is 0.242 e. The smallest absolute Gasteiger partial charge is 0.242 e. The fourth-order valence-corrected chi connectivity index (χ4v) is 3.11. The van der Waals surface area contributed by atoms with Gasteiger partial charge in [0.1, 0.15) is 5.76 Å². The molecule has 21 heavy (non-hydrogen) atoms. The van der Waals surface area contributed by atoms with Gasteiger partial charge >= 0.3 is 0 Å². The summed E-state index contributed by atoms with van der Waals surface area (Å²) >= 11 is 0. The van der Waals surface area contributed by atoms with E-state index < -0.39 is 10.0 Å². The standard InChI is InChI=1S/C14H19N3O3S/c18-21(19,17-6-5-13-2-1-7-20-13)14-8-12(16-10-14)9-15-11-3-4-11/h1-2,7-8,10-11,15-17H,3-6,9H2. The van der Waals surface area contributed by atoms with Gasteiger partial charge in [0.25, 0.3) is 0 Å². The molecule has 2 aromatic heterocycles. The van der Waals surface area contributed by atoms with E-state index >= 15 is 0 Å². The molecule has 1 saturated carbocycles. The van der Waals surface area contributed by atoms with E-state index in [1.807, 2.05) is 6.07 Å². The molecule has 0 unspecified atom stereocenters. The summed E-state index contributed by atoms with van der Waals surface area (Å²) in [5.41, 5.74) is 0.883. The van der Waals surface area contributed by atoms with Gasteiger partial charge in [-0.1, -0.05) is 0 Å². The Bertz CT molecular complexity index is 672. The van der Waals surface area contributed by atoms with Gasteiger partial charge in [-0.05, 0) is 31.0 Å². The molecule has 2 aromatic rings. The van der Waals surface area contributed by atoms with Gasteiger partial charge in [0, 0.05) is 37.4 Å². The number of aromatic amines is 1. The van der Waals surface area contributed by atoms with E-state index in [4.69, 9.17) is 4.42 Å². The van der Waals surface area contributed by atoms with Gasteiger partial charge in [-0.15, -0.1) is 0 Å². The Morgan fingerprint density at radius 1 is 1.38 bits per heavy atom. The van der Waals surface area contributed by atoms with Crippen LogP contribution in [0, 0.1) is 0 Å². The van der Waals surface area contributed by atoms with Crippen LogP contribution < -0.4 is 10.0 Å². The predicted molar refractivity (Wildman–Crippen MR) is 78.3 cm³/mol. The van der Waals surface area contributed by atoms with Crippen molar-refractivity contribution in [3.63, 3.8) is 0 Å². The number of nitrogens with one attached hydrogen (secondary N) is 3. The lowest BCUT2D eigenvalue weighted by molar-refractivity contribution is 0.506. The van der Waals surface area contributed by atoms with Gasteiger partial charge in [0.05, 0.1) is 11.2 Å². The molecule has 1 aliphatic rings. The van der Waals surface area contributed by atoms with Gasteiger partial charge in [-0.2, -0.15) is 0 Å². The van der Waals surface area contributed by atoms with Crippen molar-refractivity contribution in [2.75, 3.05) is 6.54 Å². The summed E-state index contributed by atoms with van der Waals surface area (Å²) in [7, 11) is -3.47. The molecule has 7 heteroatoms. The molecule has 3 N–H and O–H groups in total. The van der Waals surface area contributed by atoms with Crippen LogP contribution in [-0.4, -0.2) is 26.0 Å². The maximum absolute atomic E-state index is 12.1. The molecule has 1 fully saturated rings. The molecule has 0 amide bonds. The monoisotopic (exact) mass is 309 g/mol. The second kappa shape index (κ2) is 6.05. The fourth-order valence-electron chi connectivity index (χ4n) is 2.06. The second-order valence-electron chi connectivity index (χ2n) is 5.24. The Morgan fingerprint density at radius 3 is 2.95 bits per heavy atom. The van der Waals surface area contributed by atoms with Crippen LogP contribution >= 0.6 is 0 Å². The number of furan rings is 1. The highest BCUT2D eigenvalue weighted by Crippen LogP contribution is 2.19. The average Bonchev–Trinajstić information content (AvgIpc) is 2.93. The summed E-state index contributed by atoms with van der Waals surface area (Å²) in [4.78, 5) is 3.27. The number of aromatic nitrogens is 1. The van der Waals surface area contributed by atoms with Crippen molar-refractivity contribution < 1.29 is 12.8 Å². The summed E-state index contributed by atoms with van der Waals surface area (Å²) in [5, 5.41) is 3.34. The zero-order valence-electron chi connectivity index (χ0n) is 11.6. The second-order valence-corrected chi connectivity index (χ2v) is 7.01. The van der Waals surface area contributed by atoms with Crippen LogP contribution in [0.25, 0.3) is 0 Å². The maximum atomic E-state index is 12.1. The Kier molecular flexibility index (Phi) is 4.14. The molecule has 1 aliphatic carbocycles. The minimum atomic E-state index is -3.47. The Morgan fingerprint density at radius 2 is 2.24 bits per heavy atom. The van der Waals surface area contributed by atoms with Gasteiger partial charge in [-0.3, -0.25) is 0 Å². The molecule has 0 bridgehead atoms. The van der Waals surface area contributed by atoms with Crippen LogP contribution in [0.3, 0.4) is 0 Å². The van der Waals surface area contributed by atoms with E-state index in [0.717, 1.165) is 11.5 Å². The zero-order valence-corrected chi connectivity index (χ0v) is 12.4. The lowest BCUT2D eigenvalue weighted by Gasteiger charge is -2.03. The van der Waals surface area contributed by atoms with Crippen molar-refractivity contribution in [1.29, 1.82) is 0 Å². The van der Waals surface area contributed by atoms with Gasteiger partial charge in [0.15, 0.2) is 0 Å². The highest BCUT2D eigenvalue weighted by atomic mass is 32.2. The summed E-state index contributed by atoms with van der Waals surface area (Å²) in [6, 6.07) is 5.88. The van der Waals surface area contributed by atoms with Crippen molar-refractivity contribution in [2.24, 2.45) is 0 Å². The zero-order chi connectivity index (χ0) is 14.7. The van der Waals surface area contributed by atoms with E-state index in [-0.39, 0.29) is 4.90 Å². The van der Waals surface area contributed by atoms with Crippen LogP contribution in [0.1, 0.15) is 24.3 Å². The Balaban J connectivity index is 1.53. The van der Waals surface area contributed by atoms with Gasteiger partial charge in [-0.25, -0.2) is 13.1 Å². The minimum Gasteiger partial charge on any atom is -0.469 e. The molecule has 2 heterocycles. The van der Waals surface area contributed by atoms with E-state index in [1.54, 1.807) is 18.4 Å². The van der Waals surface area contributed by atoms with Crippen LogP contribution in [0.2, 0.25) is 0 Å². The van der Waals surface area contributed by atoms with Crippen LogP contribution in [0.5, 0.6) is 0 Å². The molecule has 3 rings (SSSR count). The first-order valence-electron chi connectivity index (χ1n) is 7.06. The Hall–Kier alpha value is -1.57. The molecule has 0 atom stereocenters. The quantitative estimate of drug-likeness (QED) is 0.687. The Labute approximate surface area is 124 Å². The SMILES string of the molecule is O=S(=O)(NCCc1ccco1)c1c[nH]c(CNC2CC2)c1. The molecule has 114 valence electrons. The molecular weight excluding hydrogens is 290 g/mol. The van der Waals surface area contributed by atoms with Gasteiger partial charge in [0.2, 0.25) is 10.0 Å². The number of sulfonamides is 1. The van der Waals surface area contributed by atoms with E-state index in [2.05, 4.69) is 15.0 Å². The molecule has 0 spiro atoms. The number of hydrogen-bond acceptors (Lipinski definition) is 4. The minimum absolute atomic E-state index is 0.273. The lowest BCUT2D eigenvalue weighted by Crippen LogP contribution is -2.25. The molecule has 0 radical (unpaired) electrons. The molecule has 0 saturated heterocycles. The number of H-pyrrole nitrogens is 1. The lowest BCUT2D eigenvalue weighted by atomic mass is 10.3. The predicted octanol–water partition coefficient (Wildman–Crippen LogP) is 1.38. The first kappa shape index (κ1) is 14.4. The highest BCUT2D eigenvalue weighted by molar-refractivity contribution is 7.89. The average molecular weight is 309 g/mol. The first-order valence-corrected chi connectivity index (χ1v) is 8.54. The van der Waals surface area contributed by atoms with E-state index in [9.17, 15) is 8.42 Å². The van der Waals surface area contributed by atoms with E-state index in [1.165, 1.54) is 19.0 Å². The van der Waals surface area contributed by atoms with Gasteiger partial charge < -0.3 is 14.7 Å². The normalized spacial score (nSPS) is 15.4. The van der Waals surface area contributed by atoms with Crippen molar-refractivity contribution in [2.45, 2.75) is 36.7 Å². The van der Waals surface area contributed by atoms with Crippen molar-refractivity contribution in [3.05, 3.63) is 42.1 Å². The highest BCUT2D eigenvalue weighted by Gasteiger charge is 2.21. The van der Waals surface area contributed by atoms with Crippen molar-refractivity contribution in [3.8, 4) is 0 Å². The molecule has 6 nitrogen and oxygen atoms in total. The molecule has 0 aromatic carbocycles. The number of rotatable bonds is 8. The fraction of sp³-hybridized carbons (Fsp3) is 0.429. The molecule has 0 aliphatic heterocycles.